The summed E-state index contributed by atoms with van der Waals surface area (Å²) in [4.78, 5) is 12.9. The number of hydrogen-bond donors (Lipinski definition) is 2. The van der Waals surface area contributed by atoms with Crippen LogP contribution in [0.1, 0.15) is 32.1 Å². The van der Waals surface area contributed by atoms with Gasteiger partial charge in [0.25, 0.3) is 0 Å². The van der Waals surface area contributed by atoms with Gasteiger partial charge in [0.2, 0.25) is 5.91 Å². The van der Waals surface area contributed by atoms with Crippen LogP contribution in [0, 0.1) is 5.41 Å². The van der Waals surface area contributed by atoms with E-state index in [-0.39, 0.29) is 5.84 Å². The first-order valence-electron chi connectivity index (χ1n) is 6.03. The van der Waals surface area contributed by atoms with Crippen LogP contribution < -0.4 is 5.73 Å². The summed E-state index contributed by atoms with van der Waals surface area (Å²) in [6.07, 6.45) is -1.63. The van der Waals surface area contributed by atoms with E-state index in [2.05, 4.69) is 5.16 Å². The van der Waals surface area contributed by atoms with Crippen molar-refractivity contribution in [3.63, 3.8) is 0 Å². The fourth-order valence-corrected chi connectivity index (χ4v) is 2.54. The summed E-state index contributed by atoms with van der Waals surface area (Å²) in [5.74, 6) is -1.04. The summed E-state index contributed by atoms with van der Waals surface area (Å²) >= 11 is 0. The Hall–Kier alpha value is -1.47. The van der Waals surface area contributed by atoms with Crippen molar-refractivity contribution in [1.82, 2.24) is 4.90 Å². The zero-order valence-electron chi connectivity index (χ0n) is 10.7. The van der Waals surface area contributed by atoms with Crippen LogP contribution in [0.2, 0.25) is 0 Å². The van der Waals surface area contributed by atoms with Gasteiger partial charge in [-0.1, -0.05) is 24.4 Å². The van der Waals surface area contributed by atoms with Crippen LogP contribution in [0.25, 0.3) is 0 Å². The number of oxime groups is 1. The van der Waals surface area contributed by atoms with Gasteiger partial charge in [-0.3, -0.25) is 4.79 Å². The van der Waals surface area contributed by atoms with Crippen LogP contribution >= 0.6 is 0 Å². The van der Waals surface area contributed by atoms with E-state index in [4.69, 9.17) is 10.9 Å². The minimum atomic E-state index is -4.47. The van der Waals surface area contributed by atoms with Crippen molar-refractivity contribution >= 4 is 11.7 Å². The summed E-state index contributed by atoms with van der Waals surface area (Å²) < 4.78 is 37.0. The maximum atomic E-state index is 12.3. The largest absolute Gasteiger partial charge is 0.409 e. The van der Waals surface area contributed by atoms with E-state index in [1.807, 2.05) is 0 Å². The zero-order chi connectivity index (χ0) is 14.7. The van der Waals surface area contributed by atoms with E-state index in [0.29, 0.717) is 30.6 Å². The van der Waals surface area contributed by atoms with Crippen LogP contribution in [0.5, 0.6) is 0 Å². The molecule has 3 N–H and O–H groups in total. The highest BCUT2D eigenvalue weighted by Gasteiger charge is 2.47. The average Bonchev–Trinajstić information content (AvgIpc) is 2.35. The molecular weight excluding hydrogens is 263 g/mol. The lowest BCUT2D eigenvalue weighted by molar-refractivity contribution is -0.163. The van der Waals surface area contributed by atoms with Crippen LogP contribution in [0.15, 0.2) is 5.16 Å². The molecule has 1 amide bonds. The number of halogens is 3. The van der Waals surface area contributed by atoms with Gasteiger partial charge in [-0.05, 0) is 12.8 Å². The van der Waals surface area contributed by atoms with Crippen molar-refractivity contribution in [2.45, 2.75) is 38.3 Å². The summed E-state index contributed by atoms with van der Waals surface area (Å²) in [6, 6.07) is 0. The Morgan fingerprint density at radius 1 is 1.37 bits per heavy atom. The van der Waals surface area contributed by atoms with Gasteiger partial charge in [-0.2, -0.15) is 13.2 Å². The van der Waals surface area contributed by atoms with Crippen LogP contribution in [-0.4, -0.2) is 41.6 Å². The second-order valence-corrected chi connectivity index (χ2v) is 4.90. The molecule has 0 atom stereocenters. The standard InChI is InChI=1S/C11H18F3N3O2/c1-17(7-11(12,13)14)9(18)10(8(15)16-19)5-3-2-4-6-10/h19H,2-7H2,1H3,(H2,15,16). The molecule has 1 aliphatic carbocycles. The second-order valence-electron chi connectivity index (χ2n) is 4.90. The number of rotatable bonds is 3. The third-order valence-electron chi connectivity index (χ3n) is 3.48. The molecule has 0 heterocycles. The first-order chi connectivity index (χ1) is 8.73. The van der Waals surface area contributed by atoms with E-state index in [9.17, 15) is 18.0 Å². The van der Waals surface area contributed by atoms with Crippen molar-refractivity contribution in [3.05, 3.63) is 0 Å². The highest BCUT2D eigenvalue weighted by molar-refractivity contribution is 6.06. The number of amidine groups is 1. The van der Waals surface area contributed by atoms with Gasteiger partial charge in [0, 0.05) is 7.05 Å². The number of hydrogen-bond acceptors (Lipinski definition) is 3. The average molecular weight is 281 g/mol. The first kappa shape index (κ1) is 15.6. The monoisotopic (exact) mass is 281 g/mol. The van der Waals surface area contributed by atoms with Crippen LogP contribution in [0.4, 0.5) is 13.2 Å². The van der Waals surface area contributed by atoms with Crippen molar-refractivity contribution < 1.29 is 23.2 Å². The van der Waals surface area contributed by atoms with Crippen molar-refractivity contribution in [2.75, 3.05) is 13.6 Å². The number of carbonyl (C=O) groups is 1. The number of nitrogens with zero attached hydrogens (tertiary/aromatic N) is 2. The molecule has 1 fully saturated rings. The van der Waals surface area contributed by atoms with Gasteiger partial charge in [0.1, 0.15) is 12.0 Å². The second kappa shape index (κ2) is 5.66. The molecule has 0 aromatic rings. The SMILES string of the molecule is CN(CC(F)(F)F)C(=O)C1(C(N)=NO)CCCCC1. The molecule has 0 bridgehead atoms. The van der Waals surface area contributed by atoms with E-state index in [0.717, 1.165) is 13.5 Å². The molecule has 1 rings (SSSR count). The Morgan fingerprint density at radius 2 is 1.89 bits per heavy atom. The number of nitrogens with two attached hydrogens (primary N) is 1. The first-order valence-corrected chi connectivity index (χ1v) is 6.03. The Labute approximate surface area is 109 Å². The Morgan fingerprint density at radius 3 is 2.32 bits per heavy atom. The molecule has 0 aromatic heterocycles. The number of alkyl halides is 3. The lowest BCUT2D eigenvalue weighted by atomic mass is 9.72. The predicted octanol–water partition coefficient (Wildman–Crippen LogP) is 1.70. The highest BCUT2D eigenvalue weighted by atomic mass is 19.4. The molecule has 1 aliphatic rings. The van der Waals surface area contributed by atoms with Gasteiger partial charge in [0.05, 0.1) is 0 Å². The maximum absolute atomic E-state index is 12.3. The molecule has 5 nitrogen and oxygen atoms in total. The highest BCUT2D eigenvalue weighted by Crippen LogP contribution is 2.38. The van der Waals surface area contributed by atoms with E-state index in [1.54, 1.807) is 0 Å². The van der Waals surface area contributed by atoms with Gasteiger partial charge in [0.15, 0.2) is 5.84 Å². The molecule has 8 heteroatoms. The molecule has 1 saturated carbocycles. The number of amides is 1. The van der Waals surface area contributed by atoms with Gasteiger partial charge in [-0.15, -0.1) is 0 Å². The quantitative estimate of drug-likeness (QED) is 0.358. The van der Waals surface area contributed by atoms with Crippen molar-refractivity contribution in [2.24, 2.45) is 16.3 Å². The maximum Gasteiger partial charge on any atom is 0.406 e. The summed E-state index contributed by atoms with van der Waals surface area (Å²) in [5, 5.41) is 11.6. The summed E-state index contributed by atoms with van der Waals surface area (Å²) in [5.41, 5.74) is 4.26. The molecule has 0 saturated heterocycles. The summed E-state index contributed by atoms with van der Waals surface area (Å²) in [7, 11) is 1.08. The molecule has 0 unspecified atom stereocenters. The Bertz CT molecular complexity index is 363. The topological polar surface area (TPSA) is 78.9 Å². The van der Waals surface area contributed by atoms with Gasteiger partial charge >= 0.3 is 6.18 Å². The Kier molecular flexibility index (Phi) is 4.65. The van der Waals surface area contributed by atoms with E-state index < -0.39 is 24.0 Å². The smallest absolute Gasteiger partial charge is 0.406 e. The predicted molar refractivity (Wildman–Crippen MR) is 62.6 cm³/mol. The molecule has 0 aromatic carbocycles. The van der Waals surface area contributed by atoms with Gasteiger partial charge in [-0.25, -0.2) is 0 Å². The third-order valence-corrected chi connectivity index (χ3v) is 3.48. The molecule has 110 valence electrons. The van der Waals surface area contributed by atoms with E-state index in [1.165, 1.54) is 0 Å². The van der Waals surface area contributed by atoms with Crippen LogP contribution in [0.3, 0.4) is 0 Å². The fraction of sp³-hybridized carbons (Fsp3) is 0.818. The molecule has 0 radical (unpaired) electrons. The normalized spacial score (nSPS) is 20.1. The molecule has 19 heavy (non-hydrogen) atoms. The molecule has 0 spiro atoms. The number of carbonyl (C=O) groups excluding carboxylic acids is 1. The Balaban J connectivity index is 2.95. The van der Waals surface area contributed by atoms with E-state index >= 15 is 0 Å². The zero-order valence-corrected chi connectivity index (χ0v) is 10.7. The molecule has 0 aliphatic heterocycles. The third kappa shape index (κ3) is 3.51. The van der Waals surface area contributed by atoms with Crippen LogP contribution in [-0.2, 0) is 4.79 Å². The lowest BCUT2D eigenvalue weighted by Crippen LogP contribution is -2.53. The minimum absolute atomic E-state index is 0.300. The van der Waals surface area contributed by atoms with Crippen molar-refractivity contribution in [3.8, 4) is 0 Å². The lowest BCUT2D eigenvalue weighted by Gasteiger charge is -2.37. The minimum Gasteiger partial charge on any atom is -0.409 e. The van der Waals surface area contributed by atoms with Gasteiger partial charge < -0.3 is 15.8 Å². The summed E-state index contributed by atoms with van der Waals surface area (Å²) in [6.45, 7) is -1.34. The fourth-order valence-electron chi connectivity index (χ4n) is 2.54. The molecular formula is C11H18F3N3O2. The van der Waals surface area contributed by atoms with Crippen molar-refractivity contribution in [1.29, 1.82) is 0 Å².